The number of fused-ring (bicyclic) bond motifs is 2. The highest BCUT2D eigenvalue weighted by molar-refractivity contribution is 5.72. The van der Waals surface area contributed by atoms with Crippen LogP contribution in [0, 0.1) is 17.5 Å². The molecule has 1 aromatic carbocycles. The molecule has 0 amide bonds. The number of hydrogen-bond donors (Lipinski definition) is 3. The number of nitrogens with zero attached hydrogens (tertiary/aromatic N) is 2. The van der Waals surface area contributed by atoms with E-state index in [0.717, 1.165) is 18.2 Å². The number of ether oxygens (including phenoxy) is 5. The topological polar surface area (TPSA) is 128 Å². The predicted molar refractivity (Wildman–Crippen MR) is 107 cm³/mol. The number of hydrogen-bond acceptors (Lipinski definition) is 9. The molecule has 2 saturated heterocycles. The fourth-order valence-electron chi connectivity index (χ4n) is 3.83. The van der Waals surface area contributed by atoms with Gasteiger partial charge < -0.3 is 38.9 Å². The molecule has 0 radical (unpaired) electrons. The Hall–Kier alpha value is -3.13. The summed E-state index contributed by atoms with van der Waals surface area (Å²) in [6.45, 7) is -0.747. The van der Waals surface area contributed by atoms with Gasteiger partial charge in [-0.15, -0.1) is 0 Å². The fourth-order valence-corrected chi connectivity index (χ4v) is 3.83. The molecule has 10 nitrogen and oxygen atoms in total. The highest BCUT2D eigenvalue weighted by atomic mass is 19.1. The monoisotopic (exact) mass is 483 g/mol. The molecule has 3 aromatic rings. The first-order valence-electron chi connectivity index (χ1n) is 10.4. The molecule has 2 aliphatic rings. The van der Waals surface area contributed by atoms with Crippen molar-refractivity contribution in [3.63, 3.8) is 0 Å². The first kappa shape index (κ1) is 22.7. The number of aromatic amines is 1. The molecular weight excluding hydrogens is 463 g/mol. The molecule has 0 aliphatic carbocycles. The number of rotatable bonds is 8. The van der Waals surface area contributed by atoms with E-state index in [4.69, 9.17) is 28.8 Å². The molecule has 0 saturated carbocycles. The molecule has 0 bridgehead atoms. The average Bonchev–Trinajstić information content (AvgIpc) is 3.48. The van der Waals surface area contributed by atoms with Crippen LogP contribution in [0.15, 0.2) is 18.2 Å². The van der Waals surface area contributed by atoms with Crippen molar-refractivity contribution in [1.82, 2.24) is 15.0 Å². The summed E-state index contributed by atoms with van der Waals surface area (Å²) in [6, 6.07) is 2.98. The largest absolute Gasteiger partial charge is 0.491 e. The van der Waals surface area contributed by atoms with Gasteiger partial charge in [-0.1, -0.05) is 0 Å². The summed E-state index contributed by atoms with van der Waals surface area (Å²) in [7, 11) is 0. The van der Waals surface area contributed by atoms with Gasteiger partial charge in [-0.05, 0) is 0 Å². The van der Waals surface area contributed by atoms with Crippen LogP contribution in [0.4, 0.5) is 13.2 Å². The van der Waals surface area contributed by atoms with Crippen LogP contribution in [0.3, 0.4) is 0 Å². The van der Waals surface area contributed by atoms with Crippen molar-refractivity contribution < 1.29 is 47.1 Å². The van der Waals surface area contributed by atoms with E-state index in [2.05, 4.69) is 15.0 Å². The van der Waals surface area contributed by atoms with E-state index in [9.17, 15) is 18.3 Å². The highest BCUT2D eigenvalue weighted by Gasteiger charge is 2.48. The Morgan fingerprint density at radius 2 is 1.76 bits per heavy atom. The molecule has 34 heavy (non-hydrogen) atoms. The van der Waals surface area contributed by atoms with Gasteiger partial charge >= 0.3 is 0 Å². The lowest BCUT2D eigenvalue weighted by Gasteiger charge is -2.15. The SMILES string of the molecule is OCCOc1cc(F)c(COc2nc3nc(O[C@@H]4COC5C4OC[C@H]5O)[nH]c3cc2F)c(F)c1. The van der Waals surface area contributed by atoms with Crippen molar-refractivity contribution in [1.29, 1.82) is 0 Å². The molecule has 2 unspecified atom stereocenters. The van der Waals surface area contributed by atoms with E-state index < -0.39 is 59.9 Å². The summed E-state index contributed by atoms with van der Waals surface area (Å²) in [5.74, 6) is -3.39. The second-order valence-electron chi connectivity index (χ2n) is 7.73. The molecule has 0 spiro atoms. The van der Waals surface area contributed by atoms with Gasteiger partial charge in [0.15, 0.2) is 17.6 Å². The second-order valence-corrected chi connectivity index (χ2v) is 7.73. The standard InChI is InChI=1S/C21H20F3N3O7/c22-11-3-9(30-2-1-28)4-12(23)10(11)6-33-20-13(24)5-14-19(26-20)27-21(25-14)34-16-8-32-17-15(29)7-31-18(16)17/h3-5,15-18,28-29H,1-2,6-8H2,(H,25,26,27)/t15-,16-,17?,18?/m1/s1. The maximum atomic E-state index is 14.5. The molecule has 2 fully saturated rings. The summed E-state index contributed by atoms with van der Waals surface area (Å²) in [4.78, 5) is 10.9. The van der Waals surface area contributed by atoms with Crippen LogP contribution >= 0.6 is 0 Å². The minimum atomic E-state index is -0.957. The predicted octanol–water partition coefficient (Wildman–Crippen LogP) is 1.23. The Labute approximate surface area is 190 Å². The zero-order valence-corrected chi connectivity index (χ0v) is 17.5. The van der Waals surface area contributed by atoms with E-state index in [1.165, 1.54) is 0 Å². The number of aliphatic hydroxyl groups is 2. The summed E-state index contributed by atoms with van der Waals surface area (Å²) in [6.07, 6.45) is -2.21. The lowest BCUT2D eigenvalue weighted by molar-refractivity contribution is 0.00706. The van der Waals surface area contributed by atoms with Crippen molar-refractivity contribution in [2.75, 3.05) is 26.4 Å². The minimum Gasteiger partial charge on any atom is -0.491 e. The molecule has 4 heterocycles. The lowest BCUT2D eigenvalue weighted by Crippen LogP contribution is -2.34. The maximum Gasteiger partial charge on any atom is 0.296 e. The third-order valence-electron chi connectivity index (χ3n) is 5.45. The summed E-state index contributed by atoms with van der Waals surface area (Å²) in [5, 5.41) is 18.6. The molecular formula is C21H20F3N3O7. The average molecular weight is 483 g/mol. The number of pyridine rings is 1. The number of benzene rings is 1. The van der Waals surface area contributed by atoms with Crippen LogP contribution in [0.5, 0.6) is 17.6 Å². The van der Waals surface area contributed by atoms with Gasteiger partial charge in [0, 0.05) is 18.2 Å². The molecule has 13 heteroatoms. The van der Waals surface area contributed by atoms with Crippen LogP contribution in [0.25, 0.3) is 11.2 Å². The van der Waals surface area contributed by atoms with Crippen LogP contribution in [-0.4, -0.2) is 76.0 Å². The zero-order valence-electron chi connectivity index (χ0n) is 17.5. The van der Waals surface area contributed by atoms with Gasteiger partial charge in [-0.3, -0.25) is 0 Å². The van der Waals surface area contributed by atoms with Crippen LogP contribution in [-0.2, 0) is 16.1 Å². The van der Waals surface area contributed by atoms with Crippen molar-refractivity contribution in [3.8, 4) is 17.6 Å². The summed E-state index contributed by atoms with van der Waals surface area (Å²) < 4.78 is 69.9. The Morgan fingerprint density at radius 1 is 1.00 bits per heavy atom. The van der Waals surface area contributed by atoms with Gasteiger partial charge in [0.25, 0.3) is 11.9 Å². The Morgan fingerprint density at radius 3 is 2.53 bits per heavy atom. The smallest absolute Gasteiger partial charge is 0.296 e. The summed E-state index contributed by atoms with van der Waals surface area (Å²) in [5.41, 5.74) is -0.174. The van der Waals surface area contributed by atoms with Gasteiger partial charge in [0.1, 0.15) is 48.9 Å². The highest BCUT2D eigenvalue weighted by Crippen LogP contribution is 2.30. The first-order valence-corrected chi connectivity index (χ1v) is 10.4. The number of aromatic nitrogens is 3. The third-order valence-corrected chi connectivity index (χ3v) is 5.45. The number of H-pyrrole nitrogens is 1. The zero-order chi connectivity index (χ0) is 23.8. The molecule has 4 atom stereocenters. The molecule has 182 valence electrons. The van der Waals surface area contributed by atoms with Crippen molar-refractivity contribution >= 4 is 11.2 Å². The number of aliphatic hydroxyl groups excluding tert-OH is 2. The van der Waals surface area contributed by atoms with E-state index >= 15 is 0 Å². The van der Waals surface area contributed by atoms with Gasteiger partial charge in [-0.2, -0.15) is 9.97 Å². The second kappa shape index (κ2) is 9.25. The van der Waals surface area contributed by atoms with Crippen LogP contribution in [0.1, 0.15) is 5.56 Å². The van der Waals surface area contributed by atoms with Crippen LogP contribution < -0.4 is 14.2 Å². The maximum absolute atomic E-state index is 14.5. The lowest BCUT2D eigenvalue weighted by atomic mass is 10.1. The molecule has 3 N–H and O–H groups in total. The number of nitrogens with one attached hydrogen (secondary N) is 1. The molecule has 5 rings (SSSR count). The third kappa shape index (κ3) is 4.34. The Kier molecular flexibility index (Phi) is 6.16. The Bertz CT molecular complexity index is 1170. The summed E-state index contributed by atoms with van der Waals surface area (Å²) >= 11 is 0. The van der Waals surface area contributed by atoms with Gasteiger partial charge in [0.05, 0.1) is 30.9 Å². The number of halogens is 3. The fraction of sp³-hybridized carbons (Fsp3) is 0.429. The first-order chi connectivity index (χ1) is 16.4. The van der Waals surface area contributed by atoms with Crippen molar-refractivity contribution in [2.24, 2.45) is 0 Å². The van der Waals surface area contributed by atoms with Crippen molar-refractivity contribution in [3.05, 3.63) is 41.2 Å². The van der Waals surface area contributed by atoms with E-state index in [1.54, 1.807) is 0 Å². The minimum absolute atomic E-state index is 0.0360. The van der Waals surface area contributed by atoms with E-state index in [1.807, 2.05) is 0 Å². The molecule has 2 aliphatic heterocycles. The van der Waals surface area contributed by atoms with Gasteiger partial charge in [-0.25, -0.2) is 13.2 Å². The van der Waals surface area contributed by atoms with Crippen LogP contribution in [0.2, 0.25) is 0 Å². The van der Waals surface area contributed by atoms with E-state index in [-0.39, 0.29) is 49.4 Å². The molecule has 2 aromatic heterocycles. The number of imidazole rings is 1. The quantitative estimate of drug-likeness (QED) is 0.433. The normalized spacial score (nSPS) is 23.9. The van der Waals surface area contributed by atoms with E-state index in [0.29, 0.717) is 0 Å². The van der Waals surface area contributed by atoms with Crippen molar-refractivity contribution in [2.45, 2.75) is 31.0 Å². The van der Waals surface area contributed by atoms with Gasteiger partial charge in [0.2, 0.25) is 0 Å². The Balaban J connectivity index is 1.29.